The van der Waals surface area contributed by atoms with Crippen LogP contribution in [0.3, 0.4) is 0 Å². The fraction of sp³-hybridized carbons (Fsp3) is 0.350. The highest BCUT2D eigenvalue weighted by molar-refractivity contribution is 14.0. The second-order valence-corrected chi connectivity index (χ2v) is 6.58. The number of furan rings is 1. The van der Waals surface area contributed by atoms with Gasteiger partial charge in [0.15, 0.2) is 11.7 Å². The Bertz CT molecular complexity index is 856. The third kappa shape index (κ3) is 5.34. The number of nitrogens with zero attached hydrogens (tertiary/aromatic N) is 4. The molecule has 0 unspecified atom stereocenters. The number of para-hydroxylation sites is 1. The molecule has 3 aromatic rings. The van der Waals surface area contributed by atoms with Crippen LogP contribution in [0.2, 0.25) is 0 Å². The quantitative estimate of drug-likeness (QED) is 0.317. The molecule has 148 valence electrons. The van der Waals surface area contributed by atoms with Crippen molar-refractivity contribution in [3.63, 3.8) is 0 Å². The Labute approximate surface area is 181 Å². The average molecular weight is 492 g/mol. The molecule has 0 atom stereocenters. The largest absolute Gasteiger partial charge is 0.461 e. The number of rotatable bonds is 5. The molecule has 0 spiro atoms. The lowest BCUT2D eigenvalue weighted by Gasteiger charge is -2.30. The lowest BCUT2D eigenvalue weighted by molar-refractivity contribution is 0.340. The number of benzene rings is 1. The first-order valence-electron chi connectivity index (χ1n) is 9.45. The second kappa shape index (κ2) is 10.3. The Hall–Kier alpha value is -2.36. The standard InChI is InChI=1S/C20H24N6O.HI/c1-3-8-16(9-4-1)22-20(26-13-5-2-6-14-26)21-12-11-18-23-19(25-24-18)17-10-7-15-27-17;/h1,3-4,7-10,15H,2,5-6,11-14H2,(H,21,22)(H,23,24,25);1H. The topological polar surface area (TPSA) is 82.3 Å². The van der Waals surface area contributed by atoms with Gasteiger partial charge in [0.2, 0.25) is 5.82 Å². The molecule has 0 amide bonds. The smallest absolute Gasteiger partial charge is 0.216 e. The minimum Gasteiger partial charge on any atom is -0.461 e. The van der Waals surface area contributed by atoms with E-state index in [1.807, 2.05) is 30.3 Å². The number of halogens is 1. The number of anilines is 1. The van der Waals surface area contributed by atoms with E-state index in [-0.39, 0.29) is 24.0 Å². The summed E-state index contributed by atoms with van der Waals surface area (Å²) in [5.41, 5.74) is 1.06. The highest BCUT2D eigenvalue weighted by Gasteiger charge is 2.15. The van der Waals surface area contributed by atoms with Gasteiger partial charge in [0.05, 0.1) is 6.26 Å². The zero-order valence-corrected chi connectivity index (χ0v) is 18.0. The number of likely N-dealkylation sites (tertiary alicyclic amines) is 1. The molecule has 2 aromatic heterocycles. The van der Waals surface area contributed by atoms with Crippen LogP contribution in [0, 0.1) is 0 Å². The van der Waals surface area contributed by atoms with Crippen molar-refractivity contribution in [1.82, 2.24) is 20.1 Å². The minimum absolute atomic E-state index is 0. The Morgan fingerprint density at radius 2 is 1.93 bits per heavy atom. The molecule has 28 heavy (non-hydrogen) atoms. The number of H-pyrrole nitrogens is 1. The molecule has 4 rings (SSSR count). The van der Waals surface area contributed by atoms with E-state index in [9.17, 15) is 0 Å². The van der Waals surface area contributed by atoms with Gasteiger partial charge >= 0.3 is 0 Å². The van der Waals surface area contributed by atoms with Gasteiger partial charge < -0.3 is 14.6 Å². The molecule has 1 fully saturated rings. The maximum absolute atomic E-state index is 5.33. The fourth-order valence-electron chi connectivity index (χ4n) is 3.17. The molecule has 1 aromatic carbocycles. The van der Waals surface area contributed by atoms with Gasteiger partial charge in [-0.1, -0.05) is 18.2 Å². The van der Waals surface area contributed by atoms with E-state index in [2.05, 4.69) is 37.5 Å². The molecule has 0 radical (unpaired) electrons. The second-order valence-electron chi connectivity index (χ2n) is 6.58. The molecule has 0 aliphatic carbocycles. The van der Waals surface area contributed by atoms with Crippen LogP contribution in [0.4, 0.5) is 5.69 Å². The summed E-state index contributed by atoms with van der Waals surface area (Å²) in [5.74, 6) is 2.99. The van der Waals surface area contributed by atoms with Gasteiger partial charge in [0, 0.05) is 31.7 Å². The SMILES string of the molecule is I.c1ccc(NC(=NCCc2nc(-c3ccco3)n[nH]2)N2CCCCC2)cc1. The van der Waals surface area contributed by atoms with Crippen LogP contribution < -0.4 is 5.32 Å². The normalized spacial score (nSPS) is 14.6. The predicted octanol–water partition coefficient (Wildman–Crippen LogP) is 4.18. The summed E-state index contributed by atoms with van der Waals surface area (Å²) in [4.78, 5) is 11.7. The molecule has 1 saturated heterocycles. The number of aromatic amines is 1. The molecule has 7 nitrogen and oxygen atoms in total. The van der Waals surface area contributed by atoms with Gasteiger partial charge in [-0.05, 0) is 43.5 Å². The van der Waals surface area contributed by atoms with Crippen molar-refractivity contribution in [3.05, 3.63) is 54.6 Å². The van der Waals surface area contributed by atoms with Crippen LogP contribution in [0.15, 0.2) is 58.1 Å². The van der Waals surface area contributed by atoms with E-state index in [0.29, 0.717) is 24.6 Å². The lowest BCUT2D eigenvalue weighted by atomic mass is 10.1. The van der Waals surface area contributed by atoms with Gasteiger partial charge in [-0.25, -0.2) is 4.98 Å². The van der Waals surface area contributed by atoms with Crippen LogP contribution in [0.5, 0.6) is 0 Å². The van der Waals surface area contributed by atoms with Crippen LogP contribution in [-0.2, 0) is 6.42 Å². The lowest BCUT2D eigenvalue weighted by Crippen LogP contribution is -2.40. The number of hydrogen-bond acceptors (Lipinski definition) is 4. The summed E-state index contributed by atoms with van der Waals surface area (Å²) < 4.78 is 5.33. The Kier molecular flexibility index (Phi) is 7.46. The van der Waals surface area contributed by atoms with Crippen LogP contribution in [0.25, 0.3) is 11.6 Å². The first kappa shape index (κ1) is 20.4. The van der Waals surface area contributed by atoms with Gasteiger partial charge in [0.1, 0.15) is 5.82 Å². The van der Waals surface area contributed by atoms with E-state index < -0.39 is 0 Å². The van der Waals surface area contributed by atoms with Gasteiger partial charge in [-0.15, -0.1) is 24.0 Å². The van der Waals surface area contributed by atoms with E-state index in [1.165, 1.54) is 19.3 Å². The average Bonchev–Trinajstić information content (AvgIpc) is 3.41. The summed E-state index contributed by atoms with van der Waals surface area (Å²) in [7, 11) is 0. The Balaban J connectivity index is 0.00000225. The van der Waals surface area contributed by atoms with E-state index in [1.54, 1.807) is 6.26 Å². The first-order chi connectivity index (χ1) is 13.4. The summed E-state index contributed by atoms with van der Waals surface area (Å²) in [6, 6.07) is 13.9. The van der Waals surface area contributed by atoms with Crippen molar-refractivity contribution < 1.29 is 4.42 Å². The predicted molar refractivity (Wildman–Crippen MR) is 121 cm³/mol. The Morgan fingerprint density at radius 3 is 2.68 bits per heavy atom. The highest BCUT2D eigenvalue weighted by Crippen LogP contribution is 2.15. The van der Waals surface area contributed by atoms with E-state index in [0.717, 1.165) is 30.6 Å². The van der Waals surface area contributed by atoms with Crippen molar-refractivity contribution in [2.24, 2.45) is 4.99 Å². The monoisotopic (exact) mass is 492 g/mol. The van der Waals surface area contributed by atoms with Crippen molar-refractivity contribution in [2.45, 2.75) is 25.7 Å². The summed E-state index contributed by atoms with van der Waals surface area (Å²) in [6.07, 6.45) is 6.04. The summed E-state index contributed by atoms with van der Waals surface area (Å²) in [6.45, 7) is 2.73. The molecule has 8 heteroatoms. The van der Waals surface area contributed by atoms with Crippen LogP contribution >= 0.6 is 24.0 Å². The number of hydrogen-bond donors (Lipinski definition) is 2. The number of nitrogens with one attached hydrogen (secondary N) is 2. The molecule has 3 heterocycles. The number of aromatic nitrogens is 3. The molecule has 0 saturated carbocycles. The summed E-state index contributed by atoms with van der Waals surface area (Å²) >= 11 is 0. The third-order valence-corrected chi connectivity index (χ3v) is 4.57. The highest BCUT2D eigenvalue weighted by atomic mass is 127. The molecule has 2 N–H and O–H groups in total. The maximum atomic E-state index is 5.33. The van der Waals surface area contributed by atoms with Crippen LogP contribution in [-0.4, -0.2) is 45.7 Å². The van der Waals surface area contributed by atoms with Crippen molar-refractivity contribution in [2.75, 3.05) is 25.0 Å². The minimum atomic E-state index is 0. The third-order valence-electron chi connectivity index (χ3n) is 4.57. The van der Waals surface area contributed by atoms with Gasteiger partial charge in [-0.2, -0.15) is 5.10 Å². The van der Waals surface area contributed by atoms with Crippen molar-refractivity contribution in [3.8, 4) is 11.6 Å². The molecule has 1 aliphatic heterocycles. The van der Waals surface area contributed by atoms with Crippen molar-refractivity contribution in [1.29, 1.82) is 0 Å². The molecule has 1 aliphatic rings. The van der Waals surface area contributed by atoms with E-state index in [4.69, 9.17) is 9.41 Å². The maximum Gasteiger partial charge on any atom is 0.216 e. The van der Waals surface area contributed by atoms with Gasteiger partial charge in [0.25, 0.3) is 0 Å². The first-order valence-corrected chi connectivity index (χ1v) is 9.45. The van der Waals surface area contributed by atoms with E-state index >= 15 is 0 Å². The van der Waals surface area contributed by atoms with Gasteiger partial charge in [-0.3, -0.25) is 10.1 Å². The zero-order valence-electron chi connectivity index (χ0n) is 15.7. The fourth-order valence-corrected chi connectivity index (χ4v) is 3.17. The molecular weight excluding hydrogens is 467 g/mol. The number of aliphatic imine (C=N–C) groups is 1. The zero-order chi connectivity index (χ0) is 18.3. The van der Waals surface area contributed by atoms with Crippen LogP contribution in [0.1, 0.15) is 25.1 Å². The molecular formula is C20H25IN6O. The Morgan fingerprint density at radius 1 is 1.11 bits per heavy atom. The van der Waals surface area contributed by atoms with Crippen molar-refractivity contribution >= 4 is 35.6 Å². The number of piperidine rings is 1. The summed E-state index contributed by atoms with van der Waals surface area (Å²) in [5, 5.41) is 10.7. The molecule has 0 bridgehead atoms. The number of guanidine groups is 1.